The third-order valence-electron chi connectivity index (χ3n) is 4.92. The third kappa shape index (κ3) is 2.90. The van der Waals surface area contributed by atoms with Crippen LogP contribution in [0.1, 0.15) is 24.0 Å². The van der Waals surface area contributed by atoms with Crippen LogP contribution in [0.4, 0.5) is 5.82 Å². The van der Waals surface area contributed by atoms with Gasteiger partial charge in [-0.1, -0.05) is 42.4 Å². The first-order chi connectivity index (χ1) is 13.5. The molecule has 7 nitrogen and oxygen atoms in total. The summed E-state index contributed by atoms with van der Waals surface area (Å²) < 4.78 is 44.8. The van der Waals surface area contributed by atoms with Gasteiger partial charge in [0.1, 0.15) is 11.5 Å². The number of aromatic nitrogens is 1. The Labute approximate surface area is 163 Å². The lowest BCUT2D eigenvalue weighted by Gasteiger charge is -2.21. The summed E-state index contributed by atoms with van der Waals surface area (Å²) in [6.45, 7) is 2.09. The van der Waals surface area contributed by atoms with Crippen LogP contribution in [0.15, 0.2) is 51.9 Å². The summed E-state index contributed by atoms with van der Waals surface area (Å²) >= 11 is 0. The van der Waals surface area contributed by atoms with E-state index >= 15 is 0 Å². The molecule has 1 atom stereocenters. The smallest absolute Gasteiger partial charge is 0.270 e. The Morgan fingerprint density at radius 3 is 2.43 bits per heavy atom. The molecular weight excluding hydrogens is 380 g/mol. The first kappa shape index (κ1) is 18.4. The summed E-state index contributed by atoms with van der Waals surface area (Å²) in [5.41, 5.74) is 2.83. The average molecular weight is 400 g/mol. The second kappa shape index (κ2) is 6.87. The number of anilines is 1. The molecule has 146 valence electrons. The monoisotopic (exact) mass is 400 g/mol. The minimum absolute atomic E-state index is 0.0824. The predicted octanol–water partition coefficient (Wildman–Crippen LogP) is 3.82. The number of sulfonamides is 1. The van der Waals surface area contributed by atoms with E-state index < -0.39 is 10.0 Å². The van der Waals surface area contributed by atoms with Crippen molar-refractivity contribution in [3.8, 4) is 22.8 Å². The first-order valence-electron chi connectivity index (χ1n) is 8.78. The van der Waals surface area contributed by atoms with E-state index in [0.29, 0.717) is 12.2 Å². The SMILES string of the molecule is COc1cccc(OC)c1S(=O)(=O)Nc1noc2c1C[C@H](C)c1ccccc1-2. The number of nitrogens with zero attached hydrogens (tertiary/aromatic N) is 1. The number of hydrogen-bond donors (Lipinski definition) is 1. The molecule has 8 heteroatoms. The van der Waals surface area contributed by atoms with Gasteiger partial charge in [-0.05, 0) is 30.0 Å². The van der Waals surface area contributed by atoms with Crippen LogP contribution in [0.5, 0.6) is 11.5 Å². The van der Waals surface area contributed by atoms with Crippen molar-refractivity contribution in [1.82, 2.24) is 5.16 Å². The van der Waals surface area contributed by atoms with Crippen LogP contribution in [-0.4, -0.2) is 27.8 Å². The number of nitrogens with one attached hydrogen (secondary N) is 1. The highest BCUT2D eigenvalue weighted by Crippen LogP contribution is 2.43. The van der Waals surface area contributed by atoms with E-state index in [0.717, 1.165) is 16.7 Å². The van der Waals surface area contributed by atoms with E-state index in [9.17, 15) is 8.42 Å². The van der Waals surface area contributed by atoms with E-state index in [4.69, 9.17) is 14.0 Å². The van der Waals surface area contributed by atoms with E-state index in [1.165, 1.54) is 14.2 Å². The summed E-state index contributed by atoms with van der Waals surface area (Å²) in [6.07, 6.45) is 0.622. The molecule has 1 aliphatic rings. The van der Waals surface area contributed by atoms with Crippen LogP contribution in [0, 0.1) is 0 Å². The fourth-order valence-electron chi connectivity index (χ4n) is 3.60. The Kier molecular flexibility index (Phi) is 4.50. The van der Waals surface area contributed by atoms with Gasteiger partial charge in [0.15, 0.2) is 16.5 Å². The van der Waals surface area contributed by atoms with Crippen LogP contribution in [-0.2, 0) is 16.4 Å². The molecule has 28 heavy (non-hydrogen) atoms. The maximum Gasteiger partial charge on any atom is 0.270 e. The summed E-state index contributed by atoms with van der Waals surface area (Å²) in [4.78, 5) is -0.0824. The van der Waals surface area contributed by atoms with Gasteiger partial charge in [0.2, 0.25) is 0 Å². The lowest BCUT2D eigenvalue weighted by Crippen LogP contribution is -2.17. The zero-order valence-corrected chi connectivity index (χ0v) is 16.5. The largest absolute Gasteiger partial charge is 0.495 e. The molecule has 3 aromatic rings. The Hall–Kier alpha value is -3.00. The molecule has 0 amide bonds. The summed E-state index contributed by atoms with van der Waals surface area (Å²) in [7, 11) is -1.21. The minimum atomic E-state index is -4.02. The molecule has 1 aromatic heterocycles. The van der Waals surface area contributed by atoms with Crippen molar-refractivity contribution in [2.75, 3.05) is 18.9 Å². The normalized spacial score (nSPS) is 15.5. The van der Waals surface area contributed by atoms with E-state index in [1.54, 1.807) is 18.2 Å². The summed E-state index contributed by atoms with van der Waals surface area (Å²) in [5, 5.41) is 4.01. The lowest BCUT2D eigenvalue weighted by molar-refractivity contribution is 0.373. The van der Waals surface area contributed by atoms with Crippen LogP contribution in [0.3, 0.4) is 0 Å². The molecular formula is C20H20N2O5S. The predicted molar refractivity (Wildman–Crippen MR) is 104 cm³/mol. The van der Waals surface area contributed by atoms with E-state index in [-0.39, 0.29) is 28.1 Å². The molecule has 0 saturated heterocycles. The Morgan fingerprint density at radius 1 is 1.07 bits per heavy atom. The first-order valence-corrected chi connectivity index (χ1v) is 10.3. The fraction of sp³-hybridized carbons (Fsp3) is 0.250. The highest BCUT2D eigenvalue weighted by molar-refractivity contribution is 7.93. The van der Waals surface area contributed by atoms with Gasteiger partial charge in [-0.2, -0.15) is 0 Å². The highest BCUT2D eigenvalue weighted by Gasteiger charge is 2.32. The maximum absolute atomic E-state index is 13.1. The number of rotatable bonds is 5. The van der Waals surface area contributed by atoms with Crippen LogP contribution >= 0.6 is 0 Å². The lowest BCUT2D eigenvalue weighted by atomic mass is 9.83. The van der Waals surface area contributed by atoms with Crippen LogP contribution in [0.25, 0.3) is 11.3 Å². The van der Waals surface area contributed by atoms with Crippen molar-refractivity contribution in [3.05, 3.63) is 53.6 Å². The number of ether oxygens (including phenoxy) is 2. The molecule has 0 radical (unpaired) electrons. The topological polar surface area (TPSA) is 90.7 Å². The maximum atomic E-state index is 13.1. The standard InChI is InChI=1S/C20H20N2O5S/c1-12-11-15-18(14-8-5-4-7-13(12)14)27-21-20(15)22-28(23,24)19-16(25-2)9-6-10-17(19)26-3/h4-10,12H,11H2,1-3H3,(H,21,22)/t12-/m0/s1. The second-order valence-electron chi connectivity index (χ2n) is 6.63. The Bertz CT molecular complexity index is 1110. The van der Waals surface area contributed by atoms with Crippen LogP contribution < -0.4 is 14.2 Å². The zero-order chi connectivity index (χ0) is 19.9. The molecule has 0 aliphatic heterocycles. The van der Waals surface area contributed by atoms with Gasteiger partial charge in [0, 0.05) is 11.1 Å². The Balaban J connectivity index is 1.78. The molecule has 4 rings (SSSR count). The molecule has 1 N–H and O–H groups in total. The molecule has 0 spiro atoms. The minimum Gasteiger partial charge on any atom is -0.495 e. The van der Waals surface area contributed by atoms with Crippen molar-refractivity contribution < 1.29 is 22.4 Å². The third-order valence-corrected chi connectivity index (χ3v) is 6.32. The van der Waals surface area contributed by atoms with Crippen molar-refractivity contribution in [3.63, 3.8) is 0 Å². The van der Waals surface area contributed by atoms with Gasteiger partial charge in [0.25, 0.3) is 10.0 Å². The number of methoxy groups -OCH3 is 2. The van der Waals surface area contributed by atoms with Crippen molar-refractivity contribution in [1.29, 1.82) is 0 Å². The highest BCUT2D eigenvalue weighted by atomic mass is 32.2. The summed E-state index contributed by atoms with van der Waals surface area (Å²) in [5.74, 6) is 1.36. The number of hydrogen-bond acceptors (Lipinski definition) is 6. The molecule has 2 aromatic carbocycles. The number of fused-ring (bicyclic) bond motifs is 3. The quantitative estimate of drug-likeness (QED) is 0.700. The van der Waals surface area contributed by atoms with Crippen molar-refractivity contribution in [2.24, 2.45) is 0 Å². The zero-order valence-electron chi connectivity index (χ0n) is 15.7. The number of benzene rings is 2. The molecule has 0 bridgehead atoms. The molecule has 0 unspecified atom stereocenters. The average Bonchev–Trinajstić information content (AvgIpc) is 3.09. The van der Waals surface area contributed by atoms with Gasteiger partial charge in [0.05, 0.1) is 14.2 Å². The molecule has 1 heterocycles. The van der Waals surface area contributed by atoms with Gasteiger partial charge in [-0.15, -0.1) is 0 Å². The van der Waals surface area contributed by atoms with Crippen molar-refractivity contribution >= 4 is 15.8 Å². The summed E-state index contributed by atoms with van der Waals surface area (Å²) in [6, 6.07) is 12.7. The van der Waals surface area contributed by atoms with E-state index in [1.807, 2.05) is 18.2 Å². The Morgan fingerprint density at radius 2 is 1.75 bits per heavy atom. The van der Waals surface area contributed by atoms with E-state index in [2.05, 4.69) is 22.9 Å². The molecule has 1 aliphatic carbocycles. The van der Waals surface area contributed by atoms with Gasteiger partial charge >= 0.3 is 0 Å². The van der Waals surface area contributed by atoms with Gasteiger partial charge in [-0.25, -0.2) is 8.42 Å². The van der Waals surface area contributed by atoms with Gasteiger partial charge in [-0.3, -0.25) is 4.72 Å². The second-order valence-corrected chi connectivity index (χ2v) is 8.25. The van der Waals surface area contributed by atoms with Crippen molar-refractivity contribution in [2.45, 2.75) is 24.2 Å². The van der Waals surface area contributed by atoms with Crippen LogP contribution in [0.2, 0.25) is 0 Å². The van der Waals surface area contributed by atoms with Gasteiger partial charge < -0.3 is 14.0 Å². The molecule has 0 fully saturated rings. The fourth-order valence-corrected chi connectivity index (χ4v) is 4.95. The molecule has 0 saturated carbocycles.